The van der Waals surface area contributed by atoms with Gasteiger partial charge in [-0.05, 0) is 67.6 Å². The summed E-state index contributed by atoms with van der Waals surface area (Å²) in [4.78, 5) is 0. The predicted octanol–water partition coefficient (Wildman–Crippen LogP) is 5.54. The van der Waals surface area contributed by atoms with E-state index in [0.717, 1.165) is 53.9 Å². The SMILES string of the molecule is CC(COCCOCCn1ccc(-c2nn(C3CCCCO3)c3ccc(O[Si](C)(C)C(C)(C)C)cc23)n1)CS(=O)(=O)O. The Hall–Kier alpha value is -2.29. The van der Waals surface area contributed by atoms with Crippen LogP contribution in [0, 0.1) is 5.92 Å². The summed E-state index contributed by atoms with van der Waals surface area (Å²) >= 11 is 0. The summed E-state index contributed by atoms with van der Waals surface area (Å²) in [5.74, 6) is 0.241. The average molecular weight is 623 g/mol. The number of ether oxygens (including phenoxy) is 3. The van der Waals surface area contributed by atoms with Crippen LogP contribution < -0.4 is 4.43 Å². The van der Waals surface area contributed by atoms with Gasteiger partial charge in [-0.1, -0.05) is 27.7 Å². The highest BCUT2D eigenvalue weighted by molar-refractivity contribution is 7.85. The summed E-state index contributed by atoms with van der Waals surface area (Å²) in [7, 11) is -6.02. The zero-order valence-corrected chi connectivity index (χ0v) is 27.5. The molecule has 0 bridgehead atoms. The van der Waals surface area contributed by atoms with Crippen LogP contribution in [0.3, 0.4) is 0 Å². The van der Waals surface area contributed by atoms with Crippen LogP contribution in [0.2, 0.25) is 18.1 Å². The quantitative estimate of drug-likeness (QED) is 0.140. The molecule has 2 aromatic heterocycles. The largest absolute Gasteiger partial charge is 0.543 e. The number of rotatable bonds is 14. The molecule has 0 spiro atoms. The van der Waals surface area contributed by atoms with Crippen LogP contribution >= 0.6 is 0 Å². The van der Waals surface area contributed by atoms with Gasteiger partial charge in [-0.25, -0.2) is 4.68 Å². The number of hydrogen-bond acceptors (Lipinski definition) is 8. The first-order valence-electron chi connectivity index (χ1n) is 14.7. The van der Waals surface area contributed by atoms with E-state index in [-0.39, 0.29) is 29.5 Å². The zero-order valence-electron chi connectivity index (χ0n) is 25.7. The number of nitrogens with zero attached hydrogens (tertiary/aromatic N) is 4. The molecule has 1 saturated heterocycles. The fourth-order valence-electron chi connectivity index (χ4n) is 4.64. The van der Waals surface area contributed by atoms with Gasteiger partial charge in [0.15, 0.2) is 6.23 Å². The fourth-order valence-corrected chi connectivity index (χ4v) is 6.48. The van der Waals surface area contributed by atoms with Gasteiger partial charge in [0.25, 0.3) is 10.1 Å². The van der Waals surface area contributed by atoms with Gasteiger partial charge in [-0.3, -0.25) is 9.23 Å². The first-order valence-corrected chi connectivity index (χ1v) is 19.2. The van der Waals surface area contributed by atoms with Crippen LogP contribution in [0.25, 0.3) is 22.3 Å². The molecule has 2 unspecified atom stereocenters. The average Bonchev–Trinajstić information content (AvgIpc) is 3.51. The topological polar surface area (TPSA) is 127 Å². The van der Waals surface area contributed by atoms with E-state index in [1.165, 1.54) is 0 Å². The lowest BCUT2D eigenvalue weighted by atomic mass is 10.1. The summed E-state index contributed by atoms with van der Waals surface area (Å²) in [5, 5.41) is 10.9. The Labute approximate surface area is 250 Å². The molecule has 3 aromatic rings. The first kappa shape index (κ1) is 32.6. The molecule has 11 nitrogen and oxygen atoms in total. The van der Waals surface area contributed by atoms with Crippen molar-refractivity contribution in [3.63, 3.8) is 0 Å². The van der Waals surface area contributed by atoms with E-state index in [1.54, 1.807) is 6.92 Å². The maximum absolute atomic E-state index is 10.9. The van der Waals surface area contributed by atoms with Crippen molar-refractivity contribution in [2.45, 2.75) is 77.9 Å². The molecule has 1 aromatic carbocycles. The van der Waals surface area contributed by atoms with Crippen LogP contribution in [0.5, 0.6) is 5.75 Å². The Morgan fingerprint density at radius 1 is 1.12 bits per heavy atom. The third-order valence-electron chi connectivity index (χ3n) is 7.90. The monoisotopic (exact) mass is 622 g/mol. The summed E-state index contributed by atoms with van der Waals surface area (Å²) in [6.07, 6.45) is 4.92. The van der Waals surface area contributed by atoms with Crippen LogP contribution in [-0.4, -0.2) is 79.6 Å². The molecule has 0 saturated carbocycles. The zero-order chi connectivity index (χ0) is 30.5. The smallest absolute Gasteiger partial charge is 0.265 e. The highest BCUT2D eigenvalue weighted by Gasteiger charge is 2.39. The summed E-state index contributed by atoms with van der Waals surface area (Å²) in [5.41, 5.74) is 2.57. The van der Waals surface area contributed by atoms with E-state index in [1.807, 2.05) is 27.7 Å². The van der Waals surface area contributed by atoms with E-state index in [4.69, 9.17) is 33.4 Å². The molecular formula is C29H46N4O7SSi. The standard InChI is InChI=1S/C29H46N4O7SSi/c1-22(21-41(34,35)36)20-38-18-17-37-16-14-32-13-12-25(30-32)28-24-19-23(40-42(5,6)29(2,3)4)10-11-26(24)33(31-28)27-9-7-8-15-39-27/h10-13,19,22,27H,7-9,14-18,20-21H2,1-6H3,(H,34,35,36). The van der Waals surface area contributed by atoms with Gasteiger partial charge in [-0.2, -0.15) is 18.6 Å². The van der Waals surface area contributed by atoms with Crippen LogP contribution in [-0.2, 0) is 30.9 Å². The van der Waals surface area contributed by atoms with Crippen LogP contribution in [0.4, 0.5) is 0 Å². The molecule has 2 atom stereocenters. The Bertz CT molecular complexity index is 1430. The Morgan fingerprint density at radius 3 is 2.57 bits per heavy atom. The minimum atomic E-state index is -3.99. The molecule has 3 heterocycles. The Kier molecular flexibility index (Phi) is 10.5. The van der Waals surface area contributed by atoms with Crippen molar-refractivity contribution in [2.75, 3.05) is 38.8 Å². The first-order chi connectivity index (χ1) is 19.7. The van der Waals surface area contributed by atoms with E-state index < -0.39 is 18.4 Å². The predicted molar refractivity (Wildman–Crippen MR) is 165 cm³/mol. The summed E-state index contributed by atoms with van der Waals surface area (Å²) in [6, 6.07) is 8.19. The van der Waals surface area contributed by atoms with Crippen molar-refractivity contribution < 1.29 is 31.6 Å². The second-order valence-electron chi connectivity index (χ2n) is 12.7. The molecule has 0 aliphatic carbocycles. The molecule has 4 rings (SSSR count). The molecule has 13 heteroatoms. The van der Waals surface area contributed by atoms with Crippen molar-refractivity contribution in [3.05, 3.63) is 30.5 Å². The lowest BCUT2D eigenvalue weighted by molar-refractivity contribution is -0.0365. The second kappa shape index (κ2) is 13.6. The summed E-state index contributed by atoms with van der Waals surface area (Å²) in [6.45, 7) is 15.6. The minimum absolute atomic E-state index is 0.0827. The van der Waals surface area contributed by atoms with E-state index in [0.29, 0.717) is 26.4 Å². The molecule has 234 valence electrons. The Balaban J connectivity index is 1.43. The van der Waals surface area contributed by atoms with E-state index in [9.17, 15) is 8.42 Å². The maximum Gasteiger partial charge on any atom is 0.265 e. The third-order valence-corrected chi connectivity index (χ3v) is 13.3. The number of fused-ring (bicyclic) bond motifs is 1. The van der Waals surface area contributed by atoms with Crippen molar-refractivity contribution in [2.24, 2.45) is 5.92 Å². The minimum Gasteiger partial charge on any atom is -0.543 e. The number of aromatic nitrogens is 4. The Morgan fingerprint density at radius 2 is 1.88 bits per heavy atom. The molecule has 1 aliphatic rings. The summed E-state index contributed by atoms with van der Waals surface area (Å²) < 4.78 is 58.5. The maximum atomic E-state index is 10.9. The van der Waals surface area contributed by atoms with Crippen LogP contribution in [0.15, 0.2) is 30.5 Å². The van der Waals surface area contributed by atoms with Crippen molar-refractivity contribution in [3.8, 4) is 17.1 Å². The highest BCUT2D eigenvalue weighted by atomic mass is 32.2. The van der Waals surface area contributed by atoms with Crippen molar-refractivity contribution in [1.29, 1.82) is 0 Å². The highest BCUT2D eigenvalue weighted by Crippen LogP contribution is 2.39. The molecule has 1 N–H and O–H groups in total. The van der Waals surface area contributed by atoms with E-state index >= 15 is 0 Å². The van der Waals surface area contributed by atoms with Crippen molar-refractivity contribution in [1.82, 2.24) is 19.6 Å². The molecule has 1 fully saturated rings. The molecule has 1 aliphatic heterocycles. The third kappa shape index (κ3) is 8.63. The van der Waals surface area contributed by atoms with E-state index in [2.05, 4.69) is 46.0 Å². The molecule has 0 radical (unpaired) electrons. The molecular weight excluding hydrogens is 576 g/mol. The van der Waals surface area contributed by atoms with Gasteiger partial charge in [0.05, 0.1) is 44.2 Å². The lowest BCUT2D eigenvalue weighted by Gasteiger charge is -2.36. The second-order valence-corrected chi connectivity index (χ2v) is 18.9. The van der Waals surface area contributed by atoms with Gasteiger partial charge >= 0.3 is 0 Å². The normalized spacial score (nSPS) is 17.5. The van der Waals surface area contributed by atoms with Gasteiger partial charge in [0.2, 0.25) is 8.32 Å². The molecule has 0 amide bonds. The van der Waals surface area contributed by atoms with Crippen molar-refractivity contribution >= 4 is 29.3 Å². The fraction of sp³-hybridized carbons (Fsp3) is 0.655. The molecule has 42 heavy (non-hydrogen) atoms. The van der Waals surface area contributed by atoms with Gasteiger partial charge < -0.3 is 18.6 Å². The van der Waals surface area contributed by atoms with Gasteiger partial charge in [0.1, 0.15) is 17.1 Å². The lowest BCUT2D eigenvalue weighted by Crippen LogP contribution is -2.43. The number of hydrogen-bond donors (Lipinski definition) is 1. The number of benzene rings is 1. The van der Waals surface area contributed by atoms with Gasteiger partial charge in [0, 0.05) is 18.2 Å². The van der Waals surface area contributed by atoms with Crippen LogP contribution in [0.1, 0.15) is 53.2 Å². The van der Waals surface area contributed by atoms with Gasteiger partial charge in [-0.15, -0.1) is 0 Å².